The Labute approximate surface area is 150 Å². The molecular formula is C21H26N2O2. The van der Waals surface area contributed by atoms with E-state index in [-0.39, 0.29) is 11.7 Å². The first-order chi connectivity index (χ1) is 11.9. The molecular weight excluding hydrogens is 312 g/mol. The topological polar surface area (TPSA) is 40.6 Å². The Kier molecular flexibility index (Phi) is 6.34. The van der Waals surface area contributed by atoms with Crippen LogP contribution < -0.4 is 9.80 Å². The molecule has 0 saturated heterocycles. The third-order valence-corrected chi connectivity index (χ3v) is 4.20. The maximum atomic E-state index is 13.0. The maximum absolute atomic E-state index is 13.0. The van der Waals surface area contributed by atoms with E-state index in [0.717, 1.165) is 24.2 Å². The molecule has 0 unspecified atom stereocenters. The molecule has 0 atom stereocenters. The molecule has 0 saturated carbocycles. The zero-order valence-electron chi connectivity index (χ0n) is 15.5. The highest BCUT2D eigenvalue weighted by atomic mass is 16.2. The van der Waals surface area contributed by atoms with E-state index in [0.29, 0.717) is 17.7 Å². The van der Waals surface area contributed by atoms with E-state index in [1.807, 2.05) is 48.2 Å². The average molecular weight is 338 g/mol. The molecule has 25 heavy (non-hydrogen) atoms. The van der Waals surface area contributed by atoms with Crippen molar-refractivity contribution in [2.24, 2.45) is 0 Å². The number of rotatable bonds is 7. The van der Waals surface area contributed by atoms with Crippen LogP contribution in [0.4, 0.5) is 11.4 Å². The highest BCUT2D eigenvalue weighted by Gasteiger charge is 2.17. The number of ketones is 1. The smallest absolute Gasteiger partial charge is 0.258 e. The highest BCUT2D eigenvalue weighted by Crippen LogP contribution is 2.22. The summed E-state index contributed by atoms with van der Waals surface area (Å²) in [5, 5.41) is 0. The number of nitrogens with zero attached hydrogens (tertiary/aromatic N) is 2. The molecule has 0 radical (unpaired) electrons. The molecule has 0 aliphatic rings. The maximum Gasteiger partial charge on any atom is 0.258 e. The number of unbranched alkanes of at least 4 members (excludes halogenated alkanes) is 1. The lowest BCUT2D eigenvalue weighted by Gasteiger charge is -2.24. The molecule has 0 heterocycles. The minimum Gasteiger partial charge on any atom is -0.378 e. The summed E-state index contributed by atoms with van der Waals surface area (Å²) in [6.07, 6.45) is 1.95. The van der Waals surface area contributed by atoms with E-state index in [2.05, 4.69) is 6.92 Å². The van der Waals surface area contributed by atoms with Crippen LogP contribution in [0.3, 0.4) is 0 Å². The van der Waals surface area contributed by atoms with Crippen molar-refractivity contribution in [3.63, 3.8) is 0 Å². The lowest BCUT2D eigenvalue weighted by molar-refractivity contribution is 0.0982. The molecule has 0 aromatic heterocycles. The third kappa shape index (κ3) is 4.69. The Morgan fingerprint density at radius 2 is 1.36 bits per heavy atom. The van der Waals surface area contributed by atoms with Crippen molar-refractivity contribution in [3.05, 3.63) is 59.7 Å². The molecule has 2 rings (SSSR count). The van der Waals surface area contributed by atoms with Gasteiger partial charge in [-0.05, 0) is 49.7 Å². The summed E-state index contributed by atoms with van der Waals surface area (Å²) in [5.41, 5.74) is 3.20. The van der Waals surface area contributed by atoms with Gasteiger partial charge in [-0.3, -0.25) is 9.59 Å². The van der Waals surface area contributed by atoms with Crippen molar-refractivity contribution in [2.75, 3.05) is 30.4 Å². The second-order valence-electron chi connectivity index (χ2n) is 6.35. The molecule has 0 aliphatic heterocycles. The zero-order chi connectivity index (χ0) is 18.4. The zero-order valence-corrected chi connectivity index (χ0v) is 15.5. The molecule has 4 heteroatoms. The summed E-state index contributed by atoms with van der Waals surface area (Å²) in [6.45, 7) is 4.31. The number of hydrogen-bond acceptors (Lipinski definition) is 3. The van der Waals surface area contributed by atoms with Gasteiger partial charge in [-0.15, -0.1) is 0 Å². The number of hydrogen-bond donors (Lipinski definition) is 0. The second-order valence-corrected chi connectivity index (χ2v) is 6.35. The predicted octanol–water partition coefficient (Wildman–Crippen LogP) is 4.40. The minimum absolute atomic E-state index is 0.00103. The van der Waals surface area contributed by atoms with Gasteiger partial charge >= 0.3 is 0 Å². The number of Topliss-reactive ketones (excluding diaryl/α,β-unsaturated/α-hetero) is 1. The van der Waals surface area contributed by atoms with Crippen LogP contribution in [0.5, 0.6) is 0 Å². The first kappa shape index (κ1) is 18.7. The number of amides is 1. The van der Waals surface area contributed by atoms with Crippen LogP contribution in [-0.4, -0.2) is 32.3 Å². The third-order valence-electron chi connectivity index (χ3n) is 4.20. The van der Waals surface area contributed by atoms with Crippen molar-refractivity contribution in [2.45, 2.75) is 26.7 Å². The van der Waals surface area contributed by atoms with E-state index in [1.54, 1.807) is 24.3 Å². The van der Waals surface area contributed by atoms with Gasteiger partial charge in [0.25, 0.3) is 5.91 Å². The number of carbonyl (C=O) groups is 2. The summed E-state index contributed by atoms with van der Waals surface area (Å²) in [7, 11) is 3.98. The molecule has 0 aliphatic carbocycles. The Balaban J connectivity index is 2.29. The molecule has 2 aromatic rings. The van der Waals surface area contributed by atoms with Crippen LogP contribution in [0, 0.1) is 0 Å². The van der Waals surface area contributed by atoms with Crippen molar-refractivity contribution in [3.8, 4) is 0 Å². The fraction of sp³-hybridized carbons (Fsp3) is 0.333. The van der Waals surface area contributed by atoms with E-state index in [4.69, 9.17) is 0 Å². The normalized spacial score (nSPS) is 10.4. The standard InChI is InChI=1S/C21H26N2O2/c1-5-6-15-23(20-13-11-19(12-14-20)22(3)4)21(25)18-9-7-17(8-10-18)16(2)24/h7-14H,5-6,15H2,1-4H3. The van der Waals surface area contributed by atoms with E-state index >= 15 is 0 Å². The number of anilines is 2. The van der Waals surface area contributed by atoms with Crippen LogP contribution >= 0.6 is 0 Å². The van der Waals surface area contributed by atoms with Gasteiger partial charge in [0.2, 0.25) is 0 Å². The summed E-state index contributed by atoms with van der Waals surface area (Å²) >= 11 is 0. The lowest BCUT2D eigenvalue weighted by Crippen LogP contribution is -2.32. The van der Waals surface area contributed by atoms with Crippen molar-refractivity contribution in [1.82, 2.24) is 0 Å². The van der Waals surface area contributed by atoms with Crippen molar-refractivity contribution >= 4 is 23.1 Å². The first-order valence-electron chi connectivity index (χ1n) is 8.64. The Hall–Kier alpha value is -2.62. The molecule has 2 aromatic carbocycles. The molecule has 4 nitrogen and oxygen atoms in total. The molecule has 0 fully saturated rings. The van der Waals surface area contributed by atoms with Gasteiger partial charge in [0, 0.05) is 43.1 Å². The summed E-state index contributed by atoms with van der Waals surface area (Å²) in [4.78, 5) is 28.2. The molecule has 1 amide bonds. The van der Waals surface area contributed by atoms with Crippen LogP contribution in [0.1, 0.15) is 47.4 Å². The molecule has 0 bridgehead atoms. The van der Waals surface area contributed by atoms with Gasteiger partial charge < -0.3 is 9.80 Å². The van der Waals surface area contributed by atoms with Crippen molar-refractivity contribution < 1.29 is 9.59 Å². The van der Waals surface area contributed by atoms with Crippen LogP contribution in [0.2, 0.25) is 0 Å². The monoisotopic (exact) mass is 338 g/mol. The molecule has 132 valence electrons. The SMILES string of the molecule is CCCCN(C(=O)c1ccc(C(C)=O)cc1)c1ccc(N(C)C)cc1. The fourth-order valence-electron chi connectivity index (χ4n) is 2.60. The van der Waals surface area contributed by atoms with Gasteiger partial charge in [0.05, 0.1) is 0 Å². The fourth-order valence-corrected chi connectivity index (χ4v) is 2.60. The quantitative estimate of drug-likeness (QED) is 0.703. The summed E-state index contributed by atoms with van der Waals surface area (Å²) < 4.78 is 0. The van der Waals surface area contributed by atoms with Crippen molar-refractivity contribution in [1.29, 1.82) is 0 Å². The first-order valence-corrected chi connectivity index (χ1v) is 8.64. The number of benzene rings is 2. The average Bonchev–Trinajstić information content (AvgIpc) is 2.62. The van der Waals surface area contributed by atoms with E-state index in [1.165, 1.54) is 6.92 Å². The van der Waals surface area contributed by atoms with E-state index < -0.39 is 0 Å². The predicted molar refractivity (Wildman–Crippen MR) is 104 cm³/mol. The molecule has 0 N–H and O–H groups in total. The van der Waals surface area contributed by atoms with Crippen LogP contribution in [0.15, 0.2) is 48.5 Å². The Bertz CT molecular complexity index is 719. The van der Waals surface area contributed by atoms with Gasteiger partial charge in [0.1, 0.15) is 0 Å². The second kappa shape index (κ2) is 8.47. The Morgan fingerprint density at radius 1 is 0.840 bits per heavy atom. The highest BCUT2D eigenvalue weighted by molar-refractivity contribution is 6.06. The summed E-state index contributed by atoms with van der Waals surface area (Å²) in [5.74, 6) is -0.0396. The lowest BCUT2D eigenvalue weighted by atomic mass is 10.1. The minimum atomic E-state index is -0.0406. The van der Waals surface area contributed by atoms with Crippen LogP contribution in [-0.2, 0) is 0 Å². The summed E-state index contributed by atoms with van der Waals surface area (Å²) in [6, 6.07) is 14.9. The van der Waals surface area contributed by atoms with Gasteiger partial charge in [-0.2, -0.15) is 0 Å². The van der Waals surface area contributed by atoms with Crippen LogP contribution in [0.25, 0.3) is 0 Å². The van der Waals surface area contributed by atoms with Gasteiger partial charge in [-0.25, -0.2) is 0 Å². The largest absolute Gasteiger partial charge is 0.378 e. The molecule has 0 spiro atoms. The number of carbonyl (C=O) groups excluding carboxylic acids is 2. The Morgan fingerprint density at radius 3 is 1.84 bits per heavy atom. The van der Waals surface area contributed by atoms with Gasteiger partial charge in [0.15, 0.2) is 5.78 Å². The van der Waals surface area contributed by atoms with Gasteiger partial charge in [-0.1, -0.05) is 25.5 Å². The van der Waals surface area contributed by atoms with E-state index in [9.17, 15) is 9.59 Å².